The molecule has 0 bridgehead atoms. The van der Waals surface area contributed by atoms with Crippen molar-refractivity contribution in [1.82, 2.24) is 14.8 Å². The molecule has 5 nitrogen and oxygen atoms in total. The van der Waals surface area contributed by atoms with Gasteiger partial charge in [-0.2, -0.15) is 5.10 Å². The number of anilines is 1. The molecule has 122 valence electrons. The number of hydrogen-bond acceptors (Lipinski definition) is 3. The summed E-state index contributed by atoms with van der Waals surface area (Å²) in [7, 11) is 0. The van der Waals surface area contributed by atoms with Crippen LogP contribution in [0.3, 0.4) is 0 Å². The maximum Gasteiger partial charge on any atom is 0.230 e. The van der Waals surface area contributed by atoms with Crippen molar-refractivity contribution in [2.75, 3.05) is 5.32 Å². The van der Waals surface area contributed by atoms with Gasteiger partial charge < -0.3 is 5.32 Å². The van der Waals surface area contributed by atoms with E-state index in [2.05, 4.69) is 31.3 Å². The predicted molar refractivity (Wildman–Crippen MR) is 97.3 cm³/mol. The van der Waals surface area contributed by atoms with Crippen LogP contribution in [-0.4, -0.2) is 20.7 Å². The molecule has 6 heteroatoms. The first-order chi connectivity index (χ1) is 11.5. The van der Waals surface area contributed by atoms with Gasteiger partial charge in [0.05, 0.1) is 17.8 Å². The van der Waals surface area contributed by atoms with Crippen LogP contribution in [0.25, 0.3) is 5.69 Å². The number of carbonyl (C=O) groups excluding carboxylic acids is 1. The number of hydrogen-bond donors (Lipinski definition) is 1. The molecule has 2 heterocycles. The largest absolute Gasteiger partial charge is 0.310 e. The maximum atomic E-state index is 12.3. The summed E-state index contributed by atoms with van der Waals surface area (Å²) in [6, 6.07) is 13.4. The Bertz CT molecular complexity index is 871. The summed E-state index contributed by atoms with van der Waals surface area (Å²) in [6.07, 6.45) is 2.00. The zero-order valence-corrected chi connectivity index (χ0v) is 15.0. The number of nitrogens with zero attached hydrogens (tertiary/aromatic N) is 3. The van der Waals surface area contributed by atoms with Gasteiger partial charge in [-0.05, 0) is 43.7 Å². The molecule has 1 amide bonds. The molecular formula is C18H17BrN4O. The molecule has 0 radical (unpaired) electrons. The van der Waals surface area contributed by atoms with E-state index in [9.17, 15) is 4.79 Å². The monoisotopic (exact) mass is 384 g/mol. The zero-order chi connectivity index (χ0) is 17.1. The Hall–Kier alpha value is -2.47. The lowest BCUT2D eigenvalue weighted by Crippen LogP contribution is -2.17. The number of aromatic nitrogens is 3. The fourth-order valence-electron chi connectivity index (χ4n) is 2.37. The maximum absolute atomic E-state index is 12.3. The number of nitrogens with one attached hydrogen (secondary N) is 1. The van der Waals surface area contributed by atoms with E-state index < -0.39 is 0 Å². The van der Waals surface area contributed by atoms with Crippen molar-refractivity contribution in [3.05, 3.63) is 70.1 Å². The minimum absolute atomic E-state index is 0.100. The smallest absolute Gasteiger partial charge is 0.230 e. The van der Waals surface area contributed by atoms with E-state index in [1.165, 1.54) is 0 Å². The normalized spacial score (nSPS) is 10.6. The van der Waals surface area contributed by atoms with Gasteiger partial charge in [0, 0.05) is 22.4 Å². The van der Waals surface area contributed by atoms with E-state index in [1.54, 1.807) is 10.9 Å². The highest BCUT2D eigenvalue weighted by Crippen LogP contribution is 2.20. The molecule has 3 rings (SSSR count). The van der Waals surface area contributed by atoms with Crippen molar-refractivity contribution in [2.45, 2.75) is 20.3 Å². The van der Waals surface area contributed by atoms with Crippen LogP contribution in [-0.2, 0) is 11.2 Å². The van der Waals surface area contributed by atoms with Crippen LogP contribution < -0.4 is 5.32 Å². The molecule has 24 heavy (non-hydrogen) atoms. The summed E-state index contributed by atoms with van der Waals surface area (Å²) >= 11 is 3.46. The van der Waals surface area contributed by atoms with Gasteiger partial charge in [-0.3, -0.25) is 9.78 Å². The summed E-state index contributed by atoms with van der Waals surface area (Å²) in [6.45, 7) is 3.82. The molecule has 0 unspecified atom stereocenters. The fraction of sp³-hybridized carbons (Fsp3) is 0.167. The lowest BCUT2D eigenvalue weighted by Gasteiger charge is -2.09. The Labute approximate surface area is 148 Å². The summed E-state index contributed by atoms with van der Waals surface area (Å²) in [5, 5.41) is 7.39. The van der Waals surface area contributed by atoms with Crippen molar-refractivity contribution >= 4 is 27.7 Å². The molecule has 2 aromatic heterocycles. The van der Waals surface area contributed by atoms with Crippen molar-refractivity contribution in [3.63, 3.8) is 0 Å². The average Bonchev–Trinajstić information content (AvgIpc) is 2.90. The molecule has 0 spiro atoms. The standard InChI is InChI=1S/C18H17BrN4O/c1-12-6-7-14(11-20-12)9-18(24)21-17-8-13(2)22-23(17)16-5-3-4-15(19)10-16/h3-8,10-11H,9H2,1-2H3,(H,21,24). The van der Waals surface area contributed by atoms with Crippen molar-refractivity contribution in [2.24, 2.45) is 0 Å². The Morgan fingerprint density at radius 3 is 2.71 bits per heavy atom. The van der Waals surface area contributed by atoms with Crippen molar-refractivity contribution in [1.29, 1.82) is 0 Å². The molecule has 0 aliphatic heterocycles. The fourth-order valence-corrected chi connectivity index (χ4v) is 2.76. The summed E-state index contributed by atoms with van der Waals surface area (Å²) < 4.78 is 2.68. The zero-order valence-electron chi connectivity index (χ0n) is 13.5. The summed E-state index contributed by atoms with van der Waals surface area (Å²) in [5.41, 5.74) is 3.53. The van der Waals surface area contributed by atoms with Crippen LogP contribution >= 0.6 is 15.9 Å². The minimum atomic E-state index is -0.100. The first-order valence-corrected chi connectivity index (χ1v) is 8.34. The third-order valence-corrected chi connectivity index (χ3v) is 3.98. The third-order valence-electron chi connectivity index (χ3n) is 3.49. The van der Waals surface area contributed by atoms with Crippen LogP contribution in [0.15, 0.2) is 53.1 Å². The molecule has 0 aliphatic carbocycles. The van der Waals surface area contributed by atoms with E-state index in [0.717, 1.165) is 27.1 Å². The average molecular weight is 385 g/mol. The molecule has 0 saturated heterocycles. The second-order valence-corrected chi connectivity index (χ2v) is 6.51. The first kappa shape index (κ1) is 16.4. The summed E-state index contributed by atoms with van der Waals surface area (Å²) in [4.78, 5) is 16.6. The molecule has 1 aromatic carbocycles. The number of pyridine rings is 1. The van der Waals surface area contributed by atoms with Crippen LogP contribution in [0.1, 0.15) is 17.0 Å². The first-order valence-electron chi connectivity index (χ1n) is 7.55. The number of amides is 1. The van der Waals surface area contributed by atoms with Crippen LogP contribution in [0.5, 0.6) is 0 Å². The van der Waals surface area contributed by atoms with E-state index >= 15 is 0 Å². The summed E-state index contributed by atoms with van der Waals surface area (Å²) in [5.74, 6) is 0.549. The molecular weight excluding hydrogens is 368 g/mol. The molecule has 0 atom stereocenters. The minimum Gasteiger partial charge on any atom is -0.310 e. The quantitative estimate of drug-likeness (QED) is 0.743. The van der Waals surface area contributed by atoms with Crippen molar-refractivity contribution < 1.29 is 4.79 Å². The number of rotatable bonds is 4. The van der Waals surface area contributed by atoms with Gasteiger partial charge in [0.1, 0.15) is 5.82 Å². The number of carbonyl (C=O) groups is 1. The lowest BCUT2D eigenvalue weighted by atomic mass is 10.2. The van der Waals surface area contributed by atoms with Crippen LogP contribution in [0.4, 0.5) is 5.82 Å². The van der Waals surface area contributed by atoms with E-state index in [1.807, 2.05) is 56.3 Å². The van der Waals surface area contributed by atoms with E-state index in [0.29, 0.717) is 5.82 Å². The highest BCUT2D eigenvalue weighted by atomic mass is 79.9. The molecule has 0 aliphatic rings. The molecule has 3 aromatic rings. The molecule has 0 fully saturated rings. The van der Waals surface area contributed by atoms with Crippen LogP contribution in [0, 0.1) is 13.8 Å². The van der Waals surface area contributed by atoms with Gasteiger partial charge in [0.25, 0.3) is 0 Å². The Balaban J connectivity index is 1.80. The topological polar surface area (TPSA) is 59.8 Å². The van der Waals surface area contributed by atoms with Gasteiger partial charge >= 0.3 is 0 Å². The number of halogens is 1. The van der Waals surface area contributed by atoms with Gasteiger partial charge in [0.15, 0.2) is 0 Å². The Morgan fingerprint density at radius 1 is 1.17 bits per heavy atom. The molecule has 0 saturated carbocycles. The Morgan fingerprint density at radius 2 is 2.00 bits per heavy atom. The van der Waals surface area contributed by atoms with E-state index in [-0.39, 0.29) is 12.3 Å². The number of benzene rings is 1. The highest BCUT2D eigenvalue weighted by Gasteiger charge is 2.12. The third kappa shape index (κ3) is 3.89. The second kappa shape index (κ2) is 6.97. The van der Waals surface area contributed by atoms with Gasteiger partial charge in [-0.1, -0.05) is 28.1 Å². The van der Waals surface area contributed by atoms with Crippen LogP contribution in [0.2, 0.25) is 0 Å². The second-order valence-electron chi connectivity index (χ2n) is 5.60. The van der Waals surface area contributed by atoms with Gasteiger partial charge in [0.2, 0.25) is 5.91 Å². The lowest BCUT2D eigenvalue weighted by molar-refractivity contribution is -0.115. The highest BCUT2D eigenvalue weighted by molar-refractivity contribution is 9.10. The number of aryl methyl sites for hydroxylation is 2. The SMILES string of the molecule is Cc1ccc(CC(=O)Nc2cc(C)nn2-c2cccc(Br)c2)cn1. The van der Waals surface area contributed by atoms with Crippen molar-refractivity contribution in [3.8, 4) is 5.69 Å². The Kier molecular flexibility index (Phi) is 4.76. The van der Waals surface area contributed by atoms with Gasteiger partial charge in [-0.15, -0.1) is 0 Å². The molecule has 1 N–H and O–H groups in total. The van der Waals surface area contributed by atoms with Gasteiger partial charge in [-0.25, -0.2) is 4.68 Å². The van der Waals surface area contributed by atoms with E-state index in [4.69, 9.17) is 0 Å². The predicted octanol–water partition coefficient (Wildman–Crippen LogP) is 3.83.